The molecule has 0 bridgehead atoms. The fraction of sp³-hybridized carbons (Fsp3) is 0.733. The molecule has 0 radical (unpaired) electrons. The van der Waals surface area contributed by atoms with Crippen LogP contribution >= 0.6 is 0 Å². The molecule has 112 valence electrons. The predicted octanol–water partition coefficient (Wildman–Crippen LogP) is 2.64. The van der Waals surface area contributed by atoms with Gasteiger partial charge in [0.1, 0.15) is 11.6 Å². The highest BCUT2D eigenvalue weighted by Gasteiger charge is 2.46. The highest BCUT2D eigenvalue weighted by Crippen LogP contribution is 2.53. The fourth-order valence-electron chi connectivity index (χ4n) is 2.70. The van der Waals surface area contributed by atoms with Gasteiger partial charge >= 0.3 is 5.97 Å². The summed E-state index contributed by atoms with van der Waals surface area (Å²) in [5.41, 5.74) is 6.74. The van der Waals surface area contributed by atoms with Gasteiger partial charge in [-0.2, -0.15) is 0 Å². The largest absolute Gasteiger partial charge is 0.461 e. The molecule has 1 heterocycles. The van der Waals surface area contributed by atoms with Crippen LogP contribution in [-0.2, 0) is 17.7 Å². The van der Waals surface area contributed by atoms with E-state index >= 15 is 0 Å². The van der Waals surface area contributed by atoms with Crippen LogP contribution in [0.15, 0.2) is 0 Å². The summed E-state index contributed by atoms with van der Waals surface area (Å²) in [7, 11) is 0. The molecule has 0 unspecified atom stereocenters. The predicted molar refractivity (Wildman–Crippen MR) is 78.5 cm³/mol. The molecule has 2 rings (SSSR count). The first kappa shape index (κ1) is 14.9. The first-order valence-corrected chi connectivity index (χ1v) is 7.47. The molecule has 1 aromatic heterocycles. The van der Waals surface area contributed by atoms with Gasteiger partial charge in [0, 0.05) is 13.0 Å². The number of carbonyl (C=O) groups is 1. The molecule has 0 amide bonds. The maximum atomic E-state index is 11.9. The van der Waals surface area contributed by atoms with E-state index in [1.54, 1.807) is 6.92 Å². The van der Waals surface area contributed by atoms with Crippen molar-refractivity contribution in [3.63, 3.8) is 0 Å². The lowest BCUT2D eigenvalue weighted by molar-refractivity contribution is 0.0521. The number of aromatic nitrogens is 2. The molecule has 1 aliphatic carbocycles. The molecule has 0 spiro atoms. The molecular weight excluding hydrogens is 254 g/mol. The molecule has 1 aromatic rings. The van der Waals surface area contributed by atoms with Crippen molar-refractivity contribution < 1.29 is 9.53 Å². The zero-order chi connectivity index (χ0) is 14.9. The van der Waals surface area contributed by atoms with Crippen LogP contribution in [0.1, 0.15) is 56.8 Å². The Labute approximate surface area is 120 Å². The lowest BCUT2D eigenvalue weighted by atomic mass is 9.92. The molecule has 0 saturated heterocycles. The summed E-state index contributed by atoms with van der Waals surface area (Å²) in [6.45, 7) is 9.50. The van der Waals surface area contributed by atoms with Gasteiger partial charge in [-0.25, -0.2) is 9.78 Å². The number of esters is 1. The van der Waals surface area contributed by atoms with Gasteiger partial charge in [-0.05, 0) is 31.1 Å². The van der Waals surface area contributed by atoms with E-state index in [0.717, 1.165) is 18.8 Å². The van der Waals surface area contributed by atoms with Crippen LogP contribution < -0.4 is 5.73 Å². The van der Waals surface area contributed by atoms with E-state index in [4.69, 9.17) is 10.5 Å². The van der Waals surface area contributed by atoms with Crippen LogP contribution in [0.25, 0.3) is 0 Å². The Bertz CT molecular complexity index is 501. The Morgan fingerprint density at radius 2 is 2.10 bits per heavy atom. The fourth-order valence-corrected chi connectivity index (χ4v) is 2.70. The summed E-state index contributed by atoms with van der Waals surface area (Å²) in [5.74, 6) is 1.51. The van der Waals surface area contributed by atoms with Crippen molar-refractivity contribution in [3.05, 3.63) is 11.5 Å². The summed E-state index contributed by atoms with van der Waals surface area (Å²) in [6, 6.07) is 0. The molecule has 1 fully saturated rings. The van der Waals surface area contributed by atoms with Gasteiger partial charge in [-0.1, -0.05) is 20.8 Å². The lowest BCUT2D eigenvalue weighted by Gasteiger charge is -2.22. The Balaban J connectivity index is 2.30. The number of carbonyl (C=O) groups excluding carboxylic acids is 1. The molecule has 0 aromatic carbocycles. The number of aryl methyl sites for hydroxylation is 1. The third-order valence-corrected chi connectivity index (χ3v) is 4.46. The molecule has 0 aliphatic heterocycles. The van der Waals surface area contributed by atoms with E-state index in [9.17, 15) is 4.79 Å². The summed E-state index contributed by atoms with van der Waals surface area (Å²) >= 11 is 0. The van der Waals surface area contributed by atoms with E-state index < -0.39 is 5.97 Å². The summed E-state index contributed by atoms with van der Waals surface area (Å²) in [5, 5.41) is 0. The number of nitrogen functional groups attached to an aromatic ring is 1. The SMILES string of the molecule is CCOC(=O)c1nc(CC)n(CC2(C(C)C)CC2)c1N. The van der Waals surface area contributed by atoms with Crippen molar-refractivity contribution in [2.24, 2.45) is 11.3 Å². The first-order chi connectivity index (χ1) is 9.45. The molecule has 5 heteroatoms. The molecule has 5 nitrogen and oxygen atoms in total. The van der Waals surface area contributed by atoms with Gasteiger partial charge in [0.15, 0.2) is 5.69 Å². The number of rotatable bonds is 6. The van der Waals surface area contributed by atoms with E-state index in [1.165, 1.54) is 12.8 Å². The highest BCUT2D eigenvalue weighted by molar-refractivity contribution is 5.92. The van der Waals surface area contributed by atoms with Gasteiger partial charge in [-0.3, -0.25) is 0 Å². The number of nitrogens with two attached hydrogens (primary N) is 1. The van der Waals surface area contributed by atoms with Crippen LogP contribution in [0, 0.1) is 11.3 Å². The van der Waals surface area contributed by atoms with Gasteiger partial charge in [-0.15, -0.1) is 0 Å². The second kappa shape index (κ2) is 5.46. The van der Waals surface area contributed by atoms with E-state index in [0.29, 0.717) is 23.8 Å². The van der Waals surface area contributed by atoms with Gasteiger partial charge in [0.25, 0.3) is 0 Å². The monoisotopic (exact) mass is 279 g/mol. The van der Waals surface area contributed by atoms with Crippen LogP contribution in [0.3, 0.4) is 0 Å². The number of imidazole rings is 1. The molecule has 0 atom stereocenters. The highest BCUT2D eigenvalue weighted by atomic mass is 16.5. The van der Waals surface area contributed by atoms with Crippen molar-refractivity contribution in [2.75, 3.05) is 12.3 Å². The zero-order valence-electron chi connectivity index (χ0n) is 12.9. The minimum Gasteiger partial charge on any atom is -0.461 e. The minimum absolute atomic E-state index is 0.267. The third kappa shape index (κ3) is 2.53. The molecular formula is C15H25N3O2. The second-order valence-electron chi connectivity index (χ2n) is 5.94. The summed E-state index contributed by atoms with van der Waals surface area (Å²) in [4.78, 5) is 16.3. The minimum atomic E-state index is -0.423. The van der Waals surface area contributed by atoms with E-state index in [2.05, 4.69) is 18.8 Å². The smallest absolute Gasteiger partial charge is 0.360 e. The van der Waals surface area contributed by atoms with Gasteiger partial charge < -0.3 is 15.0 Å². The maximum absolute atomic E-state index is 11.9. The van der Waals surface area contributed by atoms with Crippen LogP contribution in [-0.4, -0.2) is 22.1 Å². The average molecular weight is 279 g/mol. The summed E-state index contributed by atoms with van der Waals surface area (Å²) in [6.07, 6.45) is 3.21. The molecule has 2 N–H and O–H groups in total. The van der Waals surface area contributed by atoms with Gasteiger partial charge in [0.2, 0.25) is 0 Å². The maximum Gasteiger partial charge on any atom is 0.360 e. The number of anilines is 1. The van der Waals surface area contributed by atoms with Crippen molar-refractivity contribution in [3.8, 4) is 0 Å². The van der Waals surface area contributed by atoms with Crippen molar-refractivity contribution in [2.45, 2.75) is 53.5 Å². The second-order valence-corrected chi connectivity index (χ2v) is 5.94. The Hall–Kier alpha value is -1.52. The Morgan fingerprint density at radius 1 is 1.45 bits per heavy atom. The van der Waals surface area contributed by atoms with Crippen molar-refractivity contribution in [1.82, 2.24) is 9.55 Å². The third-order valence-electron chi connectivity index (χ3n) is 4.46. The summed E-state index contributed by atoms with van der Waals surface area (Å²) < 4.78 is 7.03. The van der Waals surface area contributed by atoms with Crippen molar-refractivity contribution >= 4 is 11.8 Å². The average Bonchev–Trinajstić information content (AvgIpc) is 3.12. The molecule has 1 aliphatic rings. The zero-order valence-corrected chi connectivity index (χ0v) is 12.9. The van der Waals surface area contributed by atoms with Crippen LogP contribution in [0.5, 0.6) is 0 Å². The normalized spacial score (nSPS) is 16.4. The Morgan fingerprint density at radius 3 is 2.55 bits per heavy atom. The first-order valence-electron chi connectivity index (χ1n) is 7.47. The Kier molecular flexibility index (Phi) is 4.06. The van der Waals surface area contributed by atoms with Gasteiger partial charge in [0.05, 0.1) is 6.61 Å². The number of hydrogen-bond acceptors (Lipinski definition) is 4. The topological polar surface area (TPSA) is 70.1 Å². The van der Waals surface area contributed by atoms with E-state index in [-0.39, 0.29) is 5.69 Å². The standard InChI is InChI=1S/C15H25N3O2/c1-5-11-17-12(14(19)20-6-2)13(16)18(11)9-15(7-8-15)10(3)4/h10H,5-9,16H2,1-4H3. The molecule has 20 heavy (non-hydrogen) atoms. The quantitative estimate of drug-likeness (QED) is 0.813. The number of ether oxygens (including phenoxy) is 1. The van der Waals surface area contributed by atoms with Crippen LogP contribution in [0.4, 0.5) is 5.82 Å². The van der Waals surface area contributed by atoms with E-state index in [1.807, 2.05) is 11.5 Å². The lowest BCUT2D eigenvalue weighted by Crippen LogP contribution is -2.20. The number of nitrogens with zero attached hydrogens (tertiary/aromatic N) is 2. The van der Waals surface area contributed by atoms with Crippen molar-refractivity contribution in [1.29, 1.82) is 0 Å². The number of hydrogen-bond donors (Lipinski definition) is 1. The van der Waals surface area contributed by atoms with Crippen LogP contribution in [0.2, 0.25) is 0 Å². The molecule has 1 saturated carbocycles.